The number of nitrogens with zero attached hydrogens (tertiary/aromatic N) is 3. The molecule has 2 rings (SSSR count). The molecule has 0 atom stereocenters. The topological polar surface area (TPSA) is 78.0 Å². The molecule has 0 aromatic carbocycles. The molecule has 0 bridgehead atoms. The van der Waals surface area contributed by atoms with Crippen molar-refractivity contribution in [3.63, 3.8) is 0 Å². The standard InChI is InChI=1S/C13H12F3N3O3/c1-12(2,3)10(20)19-9(18-22-11(19)21)7-6-17-5-4-8(7)13(14,15)16/h4-6H,1-3H3. The number of aromatic nitrogens is 3. The SMILES string of the molecule is CC(C)(C)C(=O)n1c(-c2cnccc2C(F)(F)F)noc1=O. The van der Waals surface area contributed by atoms with Gasteiger partial charge in [-0.15, -0.1) is 0 Å². The van der Waals surface area contributed by atoms with E-state index in [1.807, 2.05) is 0 Å². The Morgan fingerprint density at radius 3 is 2.45 bits per heavy atom. The number of halogens is 3. The molecule has 2 aromatic rings. The Kier molecular flexibility index (Phi) is 3.68. The van der Waals surface area contributed by atoms with Crippen LogP contribution in [0.15, 0.2) is 27.8 Å². The first-order valence-electron chi connectivity index (χ1n) is 6.18. The van der Waals surface area contributed by atoms with Crippen molar-refractivity contribution in [3.8, 4) is 11.4 Å². The first-order valence-corrected chi connectivity index (χ1v) is 6.18. The average molecular weight is 315 g/mol. The molecule has 0 N–H and O–H groups in total. The van der Waals surface area contributed by atoms with Gasteiger partial charge in [0, 0.05) is 17.8 Å². The Morgan fingerprint density at radius 2 is 1.91 bits per heavy atom. The minimum Gasteiger partial charge on any atom is -0.295 e. The van der Waals surface area contributed by atoms with Gasteiger partial charge in [0.05, 0.1) is 11.1 Å². The lowest BCUT2D eigenvalue weighted by atomic mass is 9.95. The van der Waals surface area contributed by atoms with E-state index < -0.39 is 40.2 Å². The Morgan fingerprint density at radius 1 is 1.27 bits per heavy atom. The highest BCUT2D eigenvalue weighted by Crippen LogP contribution is 2.35. The second-order valence-electron chi connectivity index (χ2n) is 5.58. The quantitative estimate of drug-likeness (QED) is 0.808. The van der Waals surface area contributed by atoms with Crippen LogP contribution in [0.2, 0.25) is 0 Å². The van der Waals surface area contributed by atoms with Gasteiger partial charge in [0.2, 0.25) is 5.91 Å². The number of hydrogen-bond donors (Lipinski definition) is 0. The molecule has 118 valence electrons. The predicted octanol–water partition coefficient (Wildman–Crippen LogP) is 2.60. The van der Waals surface area contributed by atoms with E-state index in [9.17, 15) is 22.8 Å². The van der Waals surface area contributed by atoms with Crippen LogP contribution in [-0.4, -0.2) is 20.6 Å². The molecule has 2 heterocycles. The molecule has 0 saturated heterocycles. The van der Waals surface area contributed by atoms with Gasteiger partial charge in [-0.3, -0.25) is 14.3 Å². The zero-order valence-electron chi connectivity index (χ0n) is 11.9. The maximum absolute atomic E-state index is 13.0. The monoisotopic (exact) mass is 315 g/mol. The van der Waals surface area contributed by atoms with Crippen LogP contribution >= 0.6 is 0 Å². The average Bonchev–Trinajstić information content (AvgIpc) is 2.77. The van der Waals surface area contributed by atoms with E-state index in [4.69, 9.17) is 0 Å². The fourth-order valence-corrected chi connectivity index (χ4v) is 1.75. The van der Waals surface area contributed by atoms with Crippen LogP contribution in [0.3, 0.4) is 0 Å². The van der Waals surface area contributed by atoms with Crippen molar-refractivity contribution in [2.75, 3.05) is 0 Å². The summed E-state index contributed by atoms with van der Waals surface area (Å²) in [6, 6.07) is 0.737. The highest BCUT2D eigenvalue weighted by Gasteiger charge is 2.37. The molecule has 9 heteroatoms. The van der Waals surface area contributed by atoms with Gasteiger partial charge in [-0.05, 0) is 6.07 Å². The number of rotatable bonds is 1. The Labute approximate surface area is 122 Å². The predicted molar refractivity (Wildman–Crippen MR) is 69.1 cm³/mol. The van der Waals surface area contributed by atoms with Crippen molar-refractivity contribution >= 4 is 5.91 Å². The second kappa shape index (κ2) is 5.08. The molecular formula is C13H12F3N3O3. The van der Waals surface area contributed by atoms with Crippen LogP contribution in [0.5, 0.6) is 0 Å². The summed E-state index contributed by atoms with van der Waals surface area (Å²) in [5.74, 6) is -2.40. The third-order valence-corrected chi connectivity index (χ3v) is 2.82. The molecule has 0 saturated carbocycles. The van der Waals surface area contributed by atoms with Crippen molar-refractivity contribution in [1.29, 1.82) is 0 Å². The molecule has 6 nitrogen and oxygen atoms in total. The van der Waals surface area contributed by atoms with Gasteiger partial charge in [0.25, 0.3) is 0 Å². The van der Waals surface area contributed by atoms with Crippen LogP contribution < -0.4 is 5.76 Å². The summed E-state index contributed by atoms with van der Waals surface area (Å²) in [5, 5.41) is 3.31. The fourth-order valence-electron chi connectivity index (χ4n) is 1.75. The zero-order chi connectivity index (χ0) is 16.7. The lowest BCUT2D eigenvalue weighted by Gasteiger charge is -2.17. The van der Waals surface area contributed by atoms with Gasteiger partial charge >= 0.3 is 11.9 Å². The molecule has 0 aliphatic heterocycles. The van der Waals surface area contributed by atoms with Gasteiger partial charge in [-0.1, -0.05) is 25.9 Å². The van der Waals surface area contributed by atoms with E-state index in [-0.39, 0.29) is 0 Å². The molecule has 0 unspecified atom stereocenters. The third kappa shape index (κ3) is 2.78. The van der Waals surface area contributed by atoms with Crippen molar-refractivity contribution in [2.45, 2.75) is 26.9 Å². The molecule has 0 aliphatic carbocycles. The van der Waals surface area contributed by atoms with Gasteiger partial charge in [0.1, 0.15) is 0 Å². The zero-order valence-corrected chi connectivity index (χ0v) is 11.9. The summed E-state index contributed by atoms with van der Waals surface area (Å²) < 4.78 is 44.0. The summed E-state index contributed by atoms with van der Waals surface area (Å²) in [6.07, 6.45) is -2.85. The molecule has 0 amide bonds. The van der Waals surface area contributed by atoms with Gasteiger partial charge in [-0.25, -0.2) is 4.79 Å². The van der Waals surface area contributed by atoms with E-state index >= 15 is 0 Å². The molecule has 0 radical (unpaired) electrons. The highest BCUT2D eigenvalue weighted by atomic mass is 19.4. The van der Waals surface area contributed by atoms with Crippen molar-refractivity contribution in [3.05, 3.63) is 34.6 Å². The minimum atomic E-state index is -4.69. The van der Waals surface area contributed by atoms with E-state index in [0.29, 0.717) is 4.57 Å². The number of carbonyl (C=O) groups excluding carboxylic acids is 1. The van der Waals surface area contributed by atoms with Crippen LogP contribution in [0.25, 0.3) is 11.4 Å². The van der Waals surface area contributed by atoms with Crippen LogP contribution in [0.1, 0.15) is 31.1 Å². The Hall–Kier alpha value is -2.45. The lowest BCUT2D eigenvalue weighted by molar-refractivity contribution is -0.137. The highest BCUT2D eigenvalue weighted by molar-refractivity contribution is 5.87. The van der Waals surface area contributed by atoms with Crippen molar-refractivity contribution < 1.29 is 22.5 Å². The summed E-state index contributed by atoms with van der Waals surface area (Å²) in [6.45, 7) is 4.56. The summed E-state index contributed by atoms with van der Waals surface area (Å²) >= 11 is 0. The Bertz CT molecular complexity index is 769. The summed E-state index contributed by atoms with van der Waals surface area (Å²) in [5.41, 5.74) is -2.57. The van der Waals surface area contributed by atoms with Crippen molar-refractivity contribution in [2.24, 2.45) is 5.41 Å². The number of pyridine rings is 1. The normalized spacial score (nSPS) is 12.5. The maximum atomic E-state index is 13.0. The molecular weight excluding hydrogens is 303 g/mol. The number of alkyl halides is 3. The molecule has 22 heavy (non-hydrogen) atoms. The van der Waals surface area contributed by atoms with E-state index in [1.165, 1.54) is 20.8 Å². The first-order chi connectivity index (χ1) is 10.0. The van der Waals surface area contributed by atoms with Crippen molar-refractivity contribution in [1.82, 2.24) is 14.7 Å². The summed E-state index contributed by atoms with van der Waals surface area (Å²) in [4.78, 5) is 27.5. The molecule has 0 fully saturated rings. The first kappa shape index (κ1) is 15.9. The Balaban J connectivity index is 2.72. The second-order valence-corrected chi connectivity index (χ2v) is 5.58. The van der Waals surface area contributed by atoms with Gasteiger partial charge < -0.3 is 0 Å². The fraction of sp³-hybridized carbons (Fsp3) is 0.385. The smallest absolute Gasteiger partial charge is 0.295 e. The van der Waals surface area contributed by atoms with Crippen LogP contribution in [-0.2, 0) is 6.18 Å². The molecule has 0 spiro atoms. The van der Waals surface area contributed by atoms with Crippen LogP contribution in [0, 0.1) is 5.41 Å². The molecule has 2 aromatic heterocycles. The summed E-state index contributed by atoms with van der Waals surface area (Å²) in [7, 11) is 0. The number of carbonyl (C=O) groups is 1. The van der Waals surface area contributed by atoms with E-state index in [2.05, 4.69) is 14.7 Å². The van der Waals surface area contributed by atoms with Crippen LogP contribution in [0.4, 0.5) is 13.2 Å². The molecule has 0 aliphatic rings. The lowest BCUT2D eigenvalue weighted by Crippen LogP contribution is -2.33. The van der Waals surface area contributed by atoms with Gasteiger partial charge in [-0.2, -0.15) is 17.7 Å². The van der Waals surface area contributed by atoms with E-state index in [0.717, 1.165) is 18.5 Å². The maximum Gasteiger partial charge on any atom is 0.448 e. The minimum absolute atomic E-state index is 0.492. The largest absolute Gasteiger partial charge is 0.448 e. The van der Waals surface area contributed by atoms with E-state index in [1.54, 1.807) is 0 Å². The third-order valence-electron chi connectivity index (χ3n) is 2.82. The van der Waals surface area contributed by atoms with Gasteiger partial charge in [0.15, 0.2) is 5.82 Å². The number of hydrogen-bond acceptors (Lipinski definition) is 5.